The molecule has 3 aromatic carbocycles. The minimum absolute atomic E-state index is 1.17. The lowest BCUT2D eigenvalue weighted by atomic mass is 9.98. The van der Waals surface area contributed by atoms with Gasteiger partial charge in [0.1, 0.15) is 0 Å². The van der Waals surface area contributed by atoms with Gasteiger partial charge in [0.15, 0.2) is 0 Å². The van der Waals surface area contributed by atoms with Gasteiger partial charge in [-0.2, -0.15) is 0 Å². The summed E-state index contributed by atoms with van der Waals surface area (Å²) in [5.74, 6) is 0. The predicted octanol–water partition coefficient (Wildman–Crippen LogP) is 5.06. The molecular formula is C15H11Br. The first-order chi connectivity index (χ1) is 7.77. The van der Waals surface area contributed by atoms with E-state index in [1.165, 1.54) is 31.6 Å². The van der Waals surface area contributed by atoms with Gasteiger partial charge in [-0.25, -0.2) is 0 Å². The number of rotatable bonds is 0. The first kappa shape index (κ1) is 9.86. The molecule has 0 bridgehead atoms. The molecule has 0 spiro atoms. The molecule has 0 aliphatic heterocycles. The van der Waals surface area contributed by atoms with Crippen LogP contribution in [0.3, 0.4) is 0 Å². The van der Waals surface area contributed by atoms with E-state index in [2.05, 4.69) is 71.4 Å². The molecule has 0 aliphatic carbocycles. The Labute approximate surface area is 103 Å². The van der Waals surface area contributed by atoms with Crippen molar-refractivity contribution in [1.82, 2.24) is 0 Å². The van der Waals surface area contributed by atoms with E-state index < -0.39 is 0 Å². The van der Waals surface area contributed by atoms with Crippen molar-refractivity contribution < 1.29 is 0 Å². The predicted molar refractivity (Wildman–Crippen MR) is 73.9 cm³/mol. The minimum atomic E-state index is 1.17. The summed E-state index contributed by atoms with van der Waals surface area (Å²) in [7, 11) is 0. The van der Waals surface area contributed by atoms with E-state index in [0.29, 0.717) is 0 Å². The van der Waals surface area contributed by atoms with E-state index in [1.807, 2.05) is 0 Å². The van der Waals surface area contributed by atoms with Gasteiger partial charge in [-0.05, 0) is 46.2 Å². The van der Waals surface area contributed by atoms with E-state index in [0.717, 1.165) is 0 Å². The Kier molecular flexibility index (Phi) is 2.22. The molecule has 0 fully saturated rings. The summed E-state index contributed by atoms with van der Waals surface area (Å²) >= 11 is 3.62. The van der Waals surface area contributed by atoms with Crippen LogP contribution in [0.15, 0.2) is 53.0 Å². The second-order valence-corrected chi connectivity index (χ2v) is 4.93. The number of hydrogen-bond acceptors (Lipinski definition) is 0. The monoisotopic (exact) mass is 270 g/mol. The highest BCUT2D eigenvalue weighted by Gasteiger charge is 2.04. The Morgan fingerprint density at radius 3 is 2.19 bits per heavy atom. The molecule has 0 atom stereocenters. The van der Waals surface area contributed by atoms with Crippen LogP contribution in [-0.2, 0) is 0 Å². The number of fused-ring (bicyclic) bond motifs is 3. The standard InChI is InChI=1S/C15H11Br/c1-10-9-14-13(7-4-8-15(14)16)12-6-3-2-5-11(10)12/h2-9H,1H3. The fourth-order valence-electron chi connectivity index (χ4n) is 2.27. The van der Waals surface area contributed by atoms with E-state index in [1.54, 1.807) is 0 Å². The first-order valence-electron chi connectivity index (χ1n) is 5.34. The van der Waals surface area contributed by atoms with Crippen molar-refractivity contribution >= 4 is 37.5 Å². The van der Waals surface area contributed by atoms with E-state index in [4.69, 9.17) is 0 Å². The van der Waals surface area contributed by atoms with Gasteiger partial charge in [0.2, 0.25) is 0 Å². The number of benzene rings is 3. The molecule has 0 radical (unpaired) electrons. The zero-order valence-corrected chi connectivity index (χ0v) is 10.6. The first-order valence-corrected chi connectivity index (χ1v) is 6.13. The minimum Gasteiger partial charge on any atom is -0.0616 e. The molecule has 0 aromatic heterocycles. The average molecular weight is 271 g/mol. The molecule has 0 aliphatic rings. The SMILES string of the molecule is Cc1cc2c(Br)cccc2c2ccccc12. The van der Waals surface area contributed by atoms with Gasteiger partial charge in [0.25, 0.3) is 0 Å². The smallest absolute Gasteiger partial charge is 0.0254 e. The Balaban J connectivity index is 2.64. The molecule has 78 valence electrons. The van der Waals surface area contributed by atoms with Crippen LogP contribution in [0.25, 0.3) is 21.5 Å². The number of halogens is 1. The topological polar surface area (TPSA) is 0 Å². The van der Waals surface area contributed by atoms with Crippen molar-refractivity contribution in [2.75, 3.05) is 0 Å². The molecule has 0 unspecified atom stereocenters. The molecule has 16 heavy (non-hydrogen) atoms. The Bertz CT molecular complexity index is 678. The highest BCUT2D eigenvalue weighted by molar-refractivity contribution is 9.10. The third-order valence-electron chi connectivity index (χ3n) is 3.06. The quantitative estimate of drug-likeness (QED) is 0.501. The summed E-state index contributed by atoms with van der Waals surface area (Å²) in [5.41, 5.74) is 1.33. The molecule has 0 heterocycles. The van der Waals surface area contributed by atoms with Gasteiger partial charge in [0, 0.05) is 4.47 Å². The van der Waals surface area contributed by atoms with Crippen LogP contribution >= 0.6 is 15.9 Å². The molecule has 3 aromatic rings. The van der Waals surface area contributed by atoms with Gasteiger partial charge in [-0.15, -0.1) is 0 Å². The van der Waals surface area contributed by atoms with Crippen LogP contribution in [0.4, 0.5) is 0 Å². The lowest BCUT2D eigenvalue weighted by molar-refractivity contribution is 1.55. The summed E-state index contributed by atoms with van der Waals surface area (Å²) < 4.78 is 1.17. The van der Waals surface area contributed by atoms with Gasteiger partial charge in [-0.1, -0.05) is 52.3 Å². The third-order valence-corrected chi connectivity index (χ3v) is 3.75. The highest BCUT2D eigenvalue weighted by Crippen LogP contribution is 2.32. The summed E-state index contributed by atoms with van der Waals surface area (Å²) in [6, 6.07) is 17.2. The summed E-state index contributed by atoms with van der Waals surface area (Å²) in [6.45, 7) is 2.17. The Morgan fingerprint density at radius 1 is 0.750 bits per heavy atom. The third kappa shape index (κ3) is 1.35. The Hall–Kier alpha value is -1.34. The van der Waals surface area contributed by atoms with Crippen LogP contribution < -0.4 is 0 Å². The zero-order valence-electron chi connectivity index (χ0n) is 9.00. The van der Waals surface area contributed by atoms with Crippen molar-refractivity contribution in [2.45, 2.75) is 6.92 Å². The van der Waals surface area contributed by atoms with Gasteiger partial charge in [-0.3, -0.25) is 0 Å². The fraction of sp³-hybridized carbons (Fsp3) is 0.0667. The maximum Gasteiger partial charge on any atom is 0.0254 e. The van der Waals surface area contributed by atoms with Crippen LogP contribution in [0.2, 0.25) is 0 Å². The van der Waals surface area contributed by atoms with Crippen molar-refractivity contribution in [2.24, 2.45) is 0 Å². The molecule has 3 rings (SSSR count). The molecule has 0 nitrogen and oxygen atoms in total. The van der Waals surface area contributed by atoms with E-state index >= 15 is 0 Å². The maximum atomic E-state index is 3.62. The maximum absolute atomic E-state index is 3.62. The molecule has 0 amide bonds. The van der Waals surface area contributed by atoms with Crippen LogP contribution in [0, 0.1) is 6.92 Å². The van der Waals surface area contributed by atoms with Gasteiger partial charge in [0.05, 0.1) is 0 Å². The molecule has 0 saturated carbocycles. The molecule has 1 heteroatoms. The Morgan fingerprint density at radius 2 is 1.38 bits per heavy atom. The number of aryl methyl sites for hydroxylation is 1. The van der Waals surface area contributed by atoms with Crippen molar-refractivity contribution in [3.05, 3.63) is 58.6 Å². The van der Waals surface area contributed by atoms with Crippen LogP contribution in [0.1, 0.15) is 5.56 Å². The van der Waals surface area contributed by atoms with Gasteiger partial charge >= 0.3 is 0 Å². The van der Waals surface area contributed by atoms with Crippen LogP contribution in [0.5, 0.6) is 0 Å². The van der Waals surface area contributed by atoms with Crippen molar-refractivity contribution in [3.63, 3.8) is 0 Å². The lowest BCUT2D eigenvalue weighted by Gasteiger charge is -2.08. The summed E-state index contributed by atoms with van der Waals surface area (Å²) in [5, 5.41) is 5.28. The number of hydrogen-bond donors (Lipinski definition) is 0. The average Bonchev–Trinajstić information content (AvgIpc) is 2.31. The van der Waals surface area contributed by atoms with Crippen LogP contribution in [-0.4, -0.2) is 0 Å². The summed E-state index contributed by atoms with van der Waals surface area (Å²) in [6.07, 6.45) is 0. The lowest BCUT2D eigenvalue weighted by Crippen LogP contribution is -1.82. The molecular weight excluding hydrogens is 260 g/mol. The van der Waals surface area contributed by atoms with Crippen molar-refractivity contribution in [1.29, 1.82) is 0 Å². The largest absolute Gasteiger partial charge is 0.0616 e. The normalized spacial score (nSPS) is 11.1. The highest BCUT2D eigenvalue weighted by atomic mass is 79.9. The van der Waals surface area contributed by atoms with E-state index in [-0.39, 0.29) is 0 Å². The van der Waals surface area contributed by atoms with Gasteiger partial charge < -0.3 is 0 Å². The molecule has 0 saturated heterocycles. The zero-order chi connectivity index (χ0) is 11.1. The fourth-order valence-corrected chi connectivity index (χ4v) is 2.76. The molecule has 0 N–H and O–H groups in total. The second-order valence-electron chi connectivity index (χ2n) is 4.07. The second kappa shape index (κ2) is 3.60. The summed E-state index contributed by atoms with van der Waals surface area (Å²) in [4.78, 5) is 0. The van der Waals surface area contributed by atoms with Crippen molar-refractivity contribution in [3.8, 4) is 0 Å². The van der Waals surface area contributed by atoms with E-state index in [9.17, 15) is 0 Å².